The molecule has 1 rings (SSSR count). The lowest BCUT2D eigenvalue weighted by atomic mass is 10.1. The lowest BCUT2D eigenvalue weighted by Crippen LogP contribution is -2.55. The Kier molecular flexibility index (Phi) is 9.84. The molecule has 0 unspecified atom stereocenters. The van der Waals surface area contributed by atoms with Gasteiger partial charge < -0.3 is 24.1 Å². The molecule has 1 N–H and O–H groups in total. The van der Waals surface area contributed by atoms with E-state index in [0.29, 0.717) is 11.0 Å². The van der Waals surface area contributed by atoms with Gasteiger partial charge in [0.05, 0.1) is 6.10 Å². The molecule has 0 radical (unpaired) electrons. The standard InChI is InChI=1S/C22H33F2NO7/c1-21(2,3)31-19(27)25(20(28)32-22(4,5)6)17(18(26)8-9-29-7)13-30-16-11-14(23)10-15(24)12-16/h10-12,17-18,26H,8-9,13H2,1-7H3/t17-,18-/m0/s1. The second-order valence-electron chi connectivity index (χ2n) is 9.16. The molecule has 10 heteroatoms. The first-order valence-electron chi connectivity index (χ1n) is 10.1. The summed E-state index contributed by atoms with van der Waals surface area (Å²) in [5.41, 5.74) is -1.90. The molecule has 0 fully saturated rings. The third-order valence-electron chi connectivity index (χ3n) is 3.83. The maximum absolute atomic E-state index is 13.5. The van der Waals surface area contributed by atoms with Crippen LogP contribution in [-0.2, 0) is 14.2 Å². The fourth-order valence-electron chi connectivity index (χ4n) is 2.55. The number of aliphatic hydroxyl groups excluding tert-OH is 1. The summed E-state index contributed by atoms with van der Waals surface area (Å²) >= 11 is 0. The third-order valence-corrected chi connectivity index (χ3v) is 3.83. The summed E-state index contributed by atoms with van der Waals surface area (Å²) in [6.45, 7) is 9.30. The van der Waals surface area contributed by atoms with Gasteiger partial charge in [-0.05, 0) is 48.0 Å². The largest absolute Gasteiger partial charge is 0.491 e. The van der Waals surface area contributed by atoms with E-state index in [2.05, 4.69) is 0 Å². The number of carbonyl (C=O) groups excluding carboxylic acids is 2. The normalized spacial score (nSPS) is 13.8. The Labute approximate surface area is 187 Å². The molecule has 32 heavy (non-hydrogen) atoms. The minimum absolute atomic E-state index is 0.0319. The van der Waals surface area contributed by atoms with Gasteiger partial charge in [0, 0.05) is 31.9 Å². The first kappa shape index (κ1) is 27.6. The number of nitrogens with zero attached hydrogens (tertiary/aromatic N) is 1. The molecule has 1 aromatic carbocycles. The number of halogens is 2. The minimum Gasteiger partial charge on any atom is -0.491 e. The average Bonchev–Trinajstić information content (AvgIpc) is 2.58. The molecule has 0 aliphatic carbocycles. The number of amides is 2. The van der Waals surface area contributed by atoms with Gasteiger partial charge in [-0.15, -0.1) is 0 Å². The highest BCUT2D eigenvalue weighted by Crippen LogP contribution is 2.22. The summed E-state index contributed by atoms with van der Waals surface area (Å²) in [5.74, 6) is -1.92. The van der Waals surface area contributed by atoms with E-state index in [4.69, 9.17) is 18.9 Å². The second kappa shape index (κ2) is 11.4. The van der Waals surface area contributed by atoms with Crippen molar-refractivity contribution in [3.05, 3.63) is 29.8 Å². The smallest absolute Gasteiger partial charge is 0.420 e. The zero-order chi connectivity index (χ0) is 24.7. The van der Waals surface area contributed by atoms with Gasteiger partial charge in [0.1, 0.15) is 41.2 Å². The zero-order valence-electron chi connectivity index (χ0n) is 19.6. The number of carbonyl (C=O) groups is 2. The Hall–Kier alpha value is -2.46. The van der Waals surface area contributed by atoms with Crippen LogP contribution in [0.15, 0.2) is 18.2 Å². The minimum atomic E-state index is -1.31. The van der Waals surface area contributed by atoms with Gasteiger partial charge in [-0.25, -0.2) is 23.3 Å². The van der Waals surface area contributed by atoms with Crippen molar-refractivity contribution in [1.82, 2.24) is 4.90 Å². The van der Waals surface area contributed by atoms with Gasteiger partial charge in [-0.1, -0.05) is 0 Å². The van der Waals surface area contributed by atoms with E-state index in [1.807, 2.05) is 0 Å². The molecule has 2 amide bonds. The summed E-state index contributed by atoms with van der Waals surface area (Å²) in [5, 5.41) is 10.7. The number of rotatable bonds is 8. The van der Waals surface area contributed by atoms with Crippen LogP contribution >= 0.6 is 0 Å². The van der Waals surface area contributed by atoms with E-state index >= 15 is 0 Å². The summed E-state index contributed by atoms with van der Waals surface area (Å²) < 4.78 is 48.1. The van der Waals surface area contributed by atoms with Crippen molar-refractivity contribution in [1.29, 1.82) is 0 Å². The average molecular weight is 462 g/mol. The number of ether oxygens (including phenoxy) is 4. The highest BCUT2D eigenvalue weighted by Gasteiger charge is 2.40. The molecule has 1 aromatic rings. The fraction of sp³-hybridized carbons (Fsp3) is 0.636. The number of hydrogen-bond donors (Lipinski definition) is 1. The predicted octanol–water partition coefficient (Wildman–Crippen LogP) is 4.28. The molecule has 2 atom stereocenters. The van der Waals surface area contributed by atoms with E-state index in [0.717, 1.165) is 12.1 Å². The molecule has 0 heterocycles. The van der Waals surface area contributed by atoms with Crippen LogP contribution in [-0.4, -0.2) is 65.9 Å². The molecule has 8 nitrogen and oxygen atoms in total. The van der Waals surface area contributed by atoms with Gasteiger partial charge in [0.25, 0.3) is 0 Å². The van der Waals surface area contributed by atoms with Crippen LogP contribution < -0.4 is 4.74 Å². The van der Waals surface area contributed by atoms with Gasteiger partial charge in [0.2, 0.25) is 0 Å². The van der Waals surface area contributed by atoms with Crippen molar-refractivity contribution < 1.29 is 42.4 Å². The maximum atomic E-state index is 13.5. The van der Waals surface area contributed by atoms with Crippen LogP contribution in [0.4, 0.5) is 18.4 Å². The topological polar surface area (TPSA) is 94.5 Å². The Morgan fingerprint density at radius 2 is 1.44 bits per heavy atom. The highest BCUT2D eigenvalue weighted by molar-refractivity contribution is 5.88. The Morgan fingerprint density at radius 1 is 0.969 bits per heavy atom. The number of hydrogen-bond acceptors (Lipinski definition) is 7. The van der Waals surface area contributed by atoms with Crippen molar-refractivity contribution in [3.63, 3.8) is 0 Å². The Bertz CT molecular complexity index is 726. The van der Waals surface area contributed by atoms with Crippen molar-refractivity contribution >= 4 is 12.2 Å². The van der Waals surface area contributed by atoms with Crippen LogP contribution in [0.2, 0.25) is 0 Å². The Morgan fingerprint density at radius 3 is 1.84 bits per heavy atom. The molecule has 0 aliphatic heterocycles. The monoisotopic (exact) mass is 461 g/mol. The maximum Gasteiger partial charge on any atom is 0.420 e. The van der Waals surface area contributed by atoms with Crippen molar-refractivity contribution in [2.24, 2.45) is 0 Å². The summed E-state index contributed by atoms with van der Waals surface area (Å²) in [4.78, 5) is 26.4. The molecular formula is C22H33F2NO7. The quantitative estimate of drug-likeness (QED) is 0.617. The van der Waals surface area contributed by atoms with Gasteiger partial charge >= 0.3 is 12.2 Å². The van der Waals surface area contributed by atoms with Gasteiger partial charge in [0.15, 0.2) is 0 Å². The van der Waals surface area contributed by atoms with Crippen molar-refractivity contribution in [2.75, 3.05) is 20.3 Å². The van der Waals surface area contributed by atoms with Gasteiger partial charge in [-0.2, -0.15) is 0 Å². The van der Waals surface area contributed by atoms with Crippen LogP contribution in [0.3, 0.4) is 0 Å². The van der Waals surface area contributed by atoms with E-state index in [1.165, 1.54) is 7.11 Å². The van der Waals surface area contributed by atoms with Crippen LogP contribution in [0.25, 0.3) is 0 Å². The number of benzene rings is 1. The Balaban J connectivity index is 3.29. The summed E-state index contributed by atoms with van der Waals surface area (Å²) in [6, 6.07) is 1.24. The third kappa shape index (κ3) is 9.78. The molecule has 182 valence electrons. The molecule has 0 spiro atoms. The second-order valence-corrected chi connectivity index (χ2v) is 9.16. The zero-order valence-corrected chi connectivity index (χ0v) is 19.6. The molecule has 0 saturated carbocycles. The van der Waals surface area contributed by atoms with Crippen molar-refractivity contribution in [3.8, 4) is 5.75 Å². The van der Waals surface area contributed by atoms with E-state index < -0.39 is 53.8 Å². The summed E-state index contributed by atoms with van der Waals surface area (Å²) in [6.07, 6.45) is -3.41. The molecule has 0 aliphatic rings. The van der Waals surface area contributed by atoms with E-state index in [-0.39, 0.29) is 18.8 Å². The van der Waals surface area contributed by atoms with Crippen LogP contribution in [0.5, 0.6) is 5.75 Å². The number of aliphatic hydroxyl groups is 1. The molecule has 0 aromatic heterocycles. The lowest BCUT2D eigenvalue weighted by molar-refractivity contribution is -0.0366. The highest BCUT2D eigenvalue weighted by atomic mass is 19.1. The summed E-state index contributed by atoms with van der Waals surface area (Å²) in [7, 11) is 1.42. The van der Waals surface area contributed by atoms with Gasteiger partial charge in [-0.3, -0.25) is 0 Å². The van der Waals surface area contributed by atoms with Crippen LogP contribution in [0, 0.1) is 11.6 Å². The number of imide groups is 1. The fourth-order valence-corrected chi connectivity index (χ4v) is 2.55. The van der Waals surface area contributed by atoms with Crippen molar-refractivity contribution in [2.45, 2.75) is 71.3 Å². The first-order chi connectivity index (χ1) is 14.6. The lowest BCUT2D eigenvalue weighted by Gasteiger charge is -2.35. The molecular weight excluding hydrogens is 428 g/mol. The molecule has 0 bridgehead atoms. The first-order valence-corrected chi connectivity index (χ1v) is 10.1. The van der Waals surface area contributed by atoms with E-state index in [9.17, 15) is 23.5 Å². The predicted molar refractivity (Wildman–Crippen MR) is 112 cm³/mol. The SMILES string of the molecule is COCC[C@H](O)[C@H](COc1cc(F)cc(F)c1)N(C(=O)OC(C)(C)C)C(=O)OC(C)(C)C. The van der Waals surface area contributed by atoms with Crippen LogP contribution in [0.1, 0.15) is 48.0 Å². The number of methoxy groups -OCH3 is 1. The molecule has 0 saturated heterocycles. The van der Waals surface area contributed by atoms with E-state index in [1.54, 1.807) is 41.5 Å².